The molecule has 20 heavy (non-hydrogen) atoms. The number of ether oxygens (including phenoxy) is 1. The Morgan fingerprint density at radius 2 is 2.25 bits per heavy atom. The molecule has 0 aromatic carbocycles. The number of anilines is 2. The smallest absolute Gasteiger partial charge is 0.267 e. The van der Waals surface area contributed by atoms with Crippen LogP contribution in [-0.4, -0.2) is 49.6 Å². The van der Waals surface area contributed by atoms with Crippen molar-refractivity contribution in [1.82, 2.24) is 9.88 Å². The van der Waals surface area contributed by atoms with Crippen LogP contribution < -0.4 is 11.1 Å². The second kappa shape index (κ2) is 8.76. The second-order valence-corrected chi connectivity index (χ2v) is 5.59. The standard InChI is InChI=1S/C13H24N4O2S/c1-4-5-6-8-17(2)12(18)10-11(14)16-13(20-10)15-7-9-19-3/h4-9,14H2,1-3H3,(H,15,16). The predicted molar refractivity (Wildman–Crippen MR) is 83.4 cm³/mol. The van der Waals surface area contributed by atoms with Crippen LogP contribution in [0.1, 0.15) is 35.9 Å². The molecule has 1 aromatic rings. The van der Waals surface area contributed by atoms with Crippen LogP contribution in [0.25, 0.3) is 0 Å². The first kappa shape index (κ1) is 16.7. The summed E-state index contributed by atoms with van der Waals surface area (Å²) in [7, 11) is 3.44. The van der Waals surface area contributed by atoms with Crippen molar-refractivity contribution < 1.29 is 9.53 Å². The van der Waals surface area contributed by atoms with Crippen molar-refractivity contribution in [2.45, 2.75) is 26.2 Å². The van der Waals surface area contributed by atoms with E-state index in [-0.39, 0.29) is 5.91 Å². The zero-order valence-corrected chi connectivity index (χ0v) is 13.3. The van der Waals surface area contributed by atoms with Gasteiger partial charge in [-0.3, -0.25) is 4.79 Å². The molecule has 1 heterocycles. The van der Waals surface area contributed by atoms with Crippen LogP contribution in [0.15, 0.2) is 0 Å². The van der Waals surface area contributed by atoms with Crippen LogP contribution >= 0.6 is 11.3 Å². The molecular formula is C13H24N4O2S. The van der Waals surface area contributed by atoms with E-state index >= 15 is 0 Å². The van der Waals surface area contributed by atoms with E-state index in [9.17, 15) is 4.79 Å². The average molecular weight is 300 g/mol. The quantitative estimate of drug-likeness (QED) is 0.682. The molecule has 1 rings (SSSR count). The van der Waals surface area contributed by atoms with Gasteiger partial charge in [-0.1, -0.05) is 31.1 Å². The number of unbranched alkanes of at least 4 members (excludes halogenated alkanes) is 2. The van der Waals surface area contributed by atoms with Gasteiger partial charge in [-0.25, -0.2) is 4.98 Å². The van der Waals surface area contributed by atoms with Crippen molar-refractivity contribution >= 4 is 28.2 Å². The fraction of sp³-hybridized carbons (Fsp3) is 0.692. The van der Waals surface area contributed by atoms with Crippen molar-refractivity contribution in [2.24, 2.45) is 0 Å². The van der Waals surface area contributed by atoms with Gasteiger partial charge < -0.3 is 20.7 Å². The normalized spacial score (nSPS) is 10.6. The molecule has 1 amide bonds. The van der Waals surface area contributed by atoms with Crippen LogP contribution in [-0.2, 0) is 4.74 Å². The highest BCUT2D eigenvalue weighted by atomic mass is 32.1. The number of hydrogen-bond donors (Lipinski definition) is 2. The second-order valence-electron chi connectivity index (χ2n) is 4.59. The Bertz CT molecular complexity index is 423. The molecule has 0 aliphatic carbocycles. The summed E-state index contributed by atoms with van der Waals surface area (Å²) in [5.41, 5.74) is 5.82. The van der Waals surface area contributed by atoms with Crippen molar-refractivity contribution in [1.29, 1.82) is 0 Å². The largest absolute Gasteiger partial charge is 0.383 e. The number of nitrogen functional groups attached to an aromatic ring is 1. The summed E-state index contributed by atoms with van der Waals surface area (Å²) in [4.78, 5) is 18.6. The van der Waals surface area contributed by atoms with Gasteiger partial charge in [0.05, 0.1) is 6.61 Å². The van der Waals surface area contributed by atoms with Gasteiger partial charge >= 0.3 is 0 Å². The molecule has 0 unspecified atom stereocenters. The summed E-state index contributed by atoms with van der Waals surface area (Å²) < 4.78 is 4.95. The molecular weight excluding hydrogens is 276 g/mol. The summed E-state index contributed by atoms with van der Waals surface area (Å²) in [5.74, 6) is 0.234. The first-order valence-electron chi connectivity index (χ1n) is 6.84. The maximum absolute atomic E-state index is 12.3. The molecule has 114 valence electrons. The van der Waals surface area contributed by atoms with Crippen molar-refractivity contribution in [3.05, 3.63) is 4.88 Å². The van der Waals surface area contributed by atoms with E-state index < -0.39 is 0 Å². The SMILES string of the molecule is CCCCCN(C)C(=O)c1sc(NCCOC)nc1N. The summed E-state index contributed by atoms with van der Waals surface area (Å²) >= 11 is 1.29. The Morgan fingerprint density at radius 1 is 1.50 bits per heavy atom. The maximum Gasteiger partial charge on any atom is 0.267 e. The number of amides is 1. The van der Waals surface area contributed by atoms with Gasteiger partial charge in [0.15, 0.2) is 5.13 Å². The number of nitrogens with one attached hydrogen (secondary N) is 1. The van der Waals surface area contributed by atoms with Gasteiger partial charge in [0.2, 0.25) is 0 Å². The van der Waals surface area contributed by atoms with Gasteiger partial charge in [0.25, 0.3) is 5.91 Å². The lowest BCUT2D eigenvalue weighted by atomic mass is 10.2. The monoisotopic (exact) mass is 300 g/mol. The summed E-state index contributed by atoms with van der Waals surface area (Å²) in [5, 5.41) is 3.74. The number of carbonyl (C=O) groups excluding carboxylic acids is 1. The van der Waals surface area contributed by atoms with Gasteiger partial charge in [-0.05, 0) is 6.42 Å². The Labute approximate surface area is 124 Å². The number of methoxy groups -OCH3 is 1. The van der Waals surface area contributed by atoms with E-state index in [0.29, 0.717) is 29.0 Å². The summed E-state index contributed by atoms with van der Waals surface area (Å²) in [6, 6.07) is 0. The van der Waals surface area contributed by atoms with Gasteiger partial charge in [-0.15, -0.1) is 0 Å². The average Bonchev–Trinajstić information content (AvgIpc) is 2.79. The fourth-order valence-corrected chi connectivity index (χ4v) is 2.60. The number of hydrogen-bond acceptors (Lipinski definition) is 6. The number of nitrogens with zero attached hydrogens (tertiary/aromatic N) is 2. The topological polar surface area (TPSA) is 80.5 Å². The van der Waals surface area contributed by atoms with E-state index in [2.05, 4.69) is 17.2 Å². The minimum Gasteiger partial charge on any atom is -0.383 e. The molecule has 0 radical (unpaired) electrons. The number of thiazole rings is 1. The van der Waals surface area contributed by atoms with Crippen molar-refractivity contribution in [2.75, 3.05) is 44.9 Å². The van der Waals surface area contributed by atoms with E-state index in [1.54, 1.807) is 19.1 Å². The lowest BCUT2D eigenvalue weighted by Gasteiger charge is -2.15. The predicted octanol–water partition coefficient (Wildman–Crippen LogP) is 2.05. The highest BCUT2D eigenvalue weighted by molar-refractivity contribution is 7.18. The Morgan fingerprint density at radius 3 is 2.90 bits per heavy atom. The van der Waals surface area contributed by atoms with Gasteiger partial charge in [-0.2, -0.15) is 0 Å². The Balaban J connectivity index is 2.58. The Kier molecular flexibility index (Phi) is 7.32. The van der Waals surface area contributed by atoms with Crippen LogP contribution in [0.4, 0.5) is 10.9 Å². The Hall–Kier alpha value is -1.34. The van der Waals surface area contributed by atoms with Crippen LogP contribution in [0, 0.1) is 0 Å². The minimum atomic E-state index is -0.0594. The minimum absolute atomic E-state index is 0.0594. The molecule has 0 fully saturated rings. The first-order valence-corrected chi connectivity index (χ1v) is 7.66. The van der Waals surface area contributed by atoms with Gasteiger partial charge in [0, 0.05) is 27.2 Å². The molecule has 0 saturated heterocycles. The maximum atomic E-state index is 12.3. The molecule has 1 aromatic heterocycles. The fourth-order valence-electron chi connectivity index (χ4n) is 1.69. The summed E-state index contributed by atoms with van der Waals surface area (Å²) in [6.07, 6.45) is 3.27. The van der Waals surface area contributed by atoms with Crippen LogP contribution in [0.5, 0.6) is 0 Å². The first-order chi connectivity index (χ1) is 9.60. The number of rotatable bonds is 9. The molecule has 6 nitrogen and oxygen atoms in total. The highest BCUT2D eigenvalue weighted by Gasteiger charge is 2.19. The third kappa shape index (κ3) is 4.97. The highest BCUT2D eigenvalue weighted by Crippen LogP contribution is 2.26. The summed E-state index contributed by atoms with van der Waals surface area (Å²) in [6.45, 7) is 4.11. The lowest BCUT2D eigenvalue weighted by molar-refractivity contribution is 0.0798. The molecule has 3 N–H and O–H groups in total. The lowest BCUT2D eigenvalue weighted by Crippen LogP contribution is -2.27. The van der Waals surface area contributed by atoms with Crippen LogP contribution in [0.3, 0.4) is 0 Å². The number of carbonyl (C=O) groups is 1. The number of nitrogens with two attached hydrogens (primary N) is 1. The molecule has 0 atom stereocenters. The third-order valence-corrected chi connectivity index (χ3v) is 3.89. The van der Waals surface area contributed by atoms with E-state index in [4.69, 9.17) is 10.5 Å². The molecule has 0 aliphatic heterocycles. The zero-order valence-electron chi connectivity index (χ0n) is 12.4. The van der Waals surface area contributed by atoms with Crippen molar-refractivity contribution in [3.8, 4) is 0 Å². The van der Waals surface area contributed by atoms with Crippen molar-refractivity contribution in [3.63, 3.8) is 0 Å². The molecule has 0 saturated carbocycles. The van der Waals surface area contributed by atoms with Crippen LogP contribution in [0.2, 0.25) is 0 Å². The van der Waals surface area contributed by atoms with E-state index in [1.807, 2.05) is 0 Å². The van der Waals surface area contributed by atoms with Gasteiger partial charge in [0.1, 0.15) is 10.7 Å². The molecule has 0 bridgehead atoms. The molecule has 0 aliphatic rings. The zero-order chi connectivity index (χ0) is 15.0. The van der Waals surface area contributed by atoms with E-state index in [0.717, 1.165) is 25.8 Å². The molecule has 0 spiro atoms. The number of aromatic nitrogens is 1. The molecule has 7 heteroatoms. The van der Waals surface area contributed by atoms with E-state index in [1.165, 1.54) is 11.3 Å². The third-order valence-electron chi connectivity index (χ3n) is 2.87.